The molecule has 0 aliphatic carbocycles. The lowest BCUT2D eigenvalue weighted by Crippen LogP contribution is -2.39. The Bertz CT molecular complexity index is 1330. The van der Waals surface area contributed by atoms with Gasteiger partial charge < -0.3 is 9.84 Å². The SMILES string of the molecule is CCC1[C@@H](Sc2ccc(OC)cc2)[C@@H](C(=O)O)C(c2cccc(Cl)c2)N1S(=O)(=O)c1ccc(C)cc1. The van der Waals surface area contributed by atoms with Crippen LogP contribution in [0.2, 0.25) is 5.02 Å². The van der Waals surface area contributed by atoms with Crippen LogP contribution in [0.25, 0.3) is 0 Å². The van der Waals surface area contributed by atoms with Gasteiger partial charge in [-0.2, -0.15) is 4.31 Å². The topological polar surface area (TPSA) is 83.9 Å². The summed E-state index contributed by atoms with van der Waals surface area (Å²) in [4.78, 5) is 13.8. The molecule has 1 saturated heterocycles. The van der Waals surface area contributed by atoms with Gasteiger partial charge in [-0.25, -0.2) is 8.42 Å². The number of thioether (sulfide) groups is 1. The molecule has 3 aromatic rings. The largest absolute Gasteiger partial charge is 0.497 e. The van der Waals surface area contributed by atoms with Gasteiger partial charge >= 0.3 is 5.97 Å². The maximum atomic E-state index is 14.1. The lowest BCUT2D eigenvalue weighted by Gasteiger charge is -2.30. The van der Waals surface area contributed by atoms with Crippen molar-refractivity contribution >= 4 is 39.4 Å². The lowest BCUT2D eigenvalue weighted by atomic mass is 9.93. The Morgan fingerprint density at radius 3 is 2.31 bits per heavy atom. The standard InChI is InChI=1S/C27H28ClNO5S2/c1-4-23-26(35-21-12-10-20(34-3)11-13-21)24(27(30)31)25(18-6-5-7-19(28)16-18)29(23)36(32,33)22-14-8-17(2)9-15-22/h5-16,23-26H,4H2,1-3H3,(H,30,31)/t23?,24-,25?,26+/m0/s1. The molecule has 1 aliphatic heterocycles. The number of sulfonamides is 1. The van der Waals surface area contributed by atoms with Crippen LogP contribution in [0.1, 0.15) is 30.5 Å². The van der Waals surface area contributed by atoms with Gasteiger partial charge in [0.05, 0.1) is 24.0 Å². The molecule has 1 N–H and O–H groups in total. The molecular formula is C27H28ClNO5S2. The molecule has 9 heteroatoms. The van der Waals surface area contributed by atoms with Gasteiger partial charge in [0, 0.05) is 21.2 Å². The van der Waals surface area contributed by atoms with Gasteiger partial charge in [0.25, 0.3) is 0 Å². The van der Waals surface area contributed by atoms with Crippen molar-refractivity contribution in [3.63, 3.8) is 0 Å². The van der Waals surface area contributed by atoms with Gasteiger partial charge in [0.1, 0.15) is 5.75 Å². The molecule has 0 amide bonds. The number of ether oxygens (including phenoxy) is 1. The summed E-state index contributed by atoms with van der Waals surface area (Å²) in [6.45, 7) is 3.78. The third-order valence-electron chi connectivity index (χ3n) is 6.50. The van der Waals surface area contributed by atoms with Crippen LogP contribution in [-0.2, 0) is 14.8 Å². The van der Waals surface area contributed by atoms with E-state index in [0.717, 1.165) is 10.5 Å². The molecule has 6 nitrogen and oxygen atoms in total. The zero-order valence-electron chi connectivity index (χ0n) is 20.2. The number of nitrogens with zero attached hydrogens (tertiary/aromatic N) is 1. The molecule has 0 aromatic heterocycles. The van der Waals surface area contributed by atoms with E-state index < -0.39 is 39.2 Å². The van der Waals surface area contributed by atoms with E-state index >= 15 is 0 Å². The van der Waals surface area contributed by atoms with E-state index in [-0.39, 0.29) is 4.90 Å². The van der Waals surface area contributed by atoms with E-state index in [2.05, 4.69) is 0 Å². The molecule has 0 spiro atoms. The number of halogens is 1. The first kappa shape index (κ1) is 26.5. The fourth-order valence-corrected chi connectivity index (χ4v) is 8.47. The summed E-state index contributed by atoms with van der Waals surface area (Å²) in [6.07, 6.45) is 0.444. The molecule has 0 saturated carbocycles. The fourth-order valence-electron chi connectivity index (χ4n) is 4.78. The number of carboxylic acids is 1. The zero-order chi connectivity index (χ0) is 26.0. The monoisotopic (exact) mass is 545 g/mol. The summed E-state index contributed by atoms with van der Waals surface area (Å²) in [7, 11) is -2.46. The molecule has 1 fully saturated rings. The predicted molar refractivity (Wildman–Crippen MR) is 142 cm³/mol. The molecule has 190 valence electrons. The first-order valence-electron chi connectivity index (χ1n) is 11.6. The second-order valence-electron chi connectivity index (χ2n) is 8.75. The maximum absolute atomic E-state index is 14.1. The molecule has 0 radical (unpaired) electrons. The highest BCUT2D eigenvalue weighted by atomic mass is 35.5. The van der Waals surface area contributed by atoms with Crippen molar-refractivity contribution in [2.75, 3.05) is 7.11 Å². The highest BCUT2D eigenvalue weighted by Crippen LogP contribution is 2.51. The van der Waals surface area contributed by atoms with Crippen molar-refractivity contribution in [1.82, 2.24) is 4.31 Å². The molecule has 4 rings (SSSR count). The Hall–Kier alpha value is -2.52. The Balaban J connectivity index is 1.88. The van der Waals surface area contributed by atoms with Gasteiger partial charge in [-0.15, -0.1) is 11.8 Å². The quantitative estimate of drug-likeness (QED) is 0.371. The summed E-state index contributed by atoms with van der Waals surface area (Å²) in [5.74, 6) is -1.36. The van der Waals surface area contributed by atoms with Crippen molar-refractivity contribution < 1.29 is 23.1 Å². The van der Waals surface area contributed by atoms with Crippen LogP contribution >= 0.6 is 23.4 Å². The third-order valence-corrected chi connectivity index (χ3v) is 10.1. The highest BCUT2D eigenvalue weighted by molar-refractivity contribution is 8.00. The molecule has 1 heterocycles. The van der Waals surface area contributed by atoms with E-state index in [0.29, 0.717) is 22.8 Å². The number of aliphatic carboxylic acids is 1. The lowest BCUT2D eigenvalue weighted by molar-refractivity contribution is -0.142. The molecule has 3 aromatic carbocycles. The maximum Gasteiger partial charge on any atom is 0.309 e. The fraction of sp³-hybridized carbons (Fsp3) is 0.296. The summed E-state index contributed by atoms with van der Waals surface area (Å²) >= 11 is 7.66. The Morgan fingerprint density at radius 1 is 1.08 bits per heavy atom. The van der Waals surface area contributed by atoms with E-state index in [1.807, 2.05) is 38.1 Å². The van der Waals surface area contributed by atoms with Crippen LogP contribution in [0, 0.1) is 12.8 Å². The average molecular weight is 546 g/mol. The molecular weight excluding hydrogens is 518 g/mol. The van der Waals surface area contributed by atoms with E-state index in [1.165, 1.54) is 16.1 Å². The minimum Gasteiger partial charge on any atom is -0.497 e. The van der Waals surface area contributed by atoms with Gasteiger partial charge in [-0.3, -0.25) is 4.79 Å². The first-order valence-corrected chi connectivity index (χ1v) is 14.3. The number of benzene rings is 3. The van der Waals surface area contributed by atoms with Crippen LogP contribution in [0.4, 0.5) is 0 Å². The van der Waals surface area contributed by atoms with Crippen LogP contribution in [0.5, 0.6) is 5.75 Å². The van der Waals surface area contributed by atoms with Crippen LogP contribution in [-0.4, -0.2) is 42.2 Å². The van der Waals surface area contributed by atoms with Gasteiger partial charge in [0.15, 0.2) is 0 Å². The summed E-state index contributed by atoms with van der Waals surface area (Å²) < 4.78 is 34.9. The minimum atomic E-state index is -4.04. The Morgan fingerprint density at radius 2 is 1.75 bits per heavy atom. The Labute approximate surface area is 221 Å². The Kier molecular flexibility index (Phi) is 7.99. The van der Waals surface area contributed by atoms with E-state index in [9.17, 15) is 18.3 Å². The number of carboxylic acid groups (broad SMARTS) is 1. The predicted octanol–water partition coefficient (Wildman–Crippen LogP) is 6.04. The number of carbonyl (C=O) groups is 1. The number of rotatable bonds is 8. The van der Waals surface area contributed by atoms with Gasteiger partial charge in [-0.05, 0) is 67.4 Å². The van der Waals surface area contributed by atoms with Crippen molar-refractivity contribution in [2.45, 2.75) is 47.4 Å². The van der Waals surface area contributed by atoms with E-state index in [1.54, 1.807) is 55.6 Å². The van der Waals surface area contributed by atoms with Crippen LogP contribution in [0.3, 0.4) is 0 Å². The van der Waals surface area contributed by atoms with Gasteiger partial charge in [-0.1, -0.05) is 48.4 Å². The molecule has 4 atom stereocenters. The van der Waals surface area contributed by atoms with Crippen LogP contribution < -0.4 is 4.74 Å². The average Bonchev–Trinajstić information content (AvgIpc) is 3.19. The molecule has 1 aliphatic rings. The van der Waals surface area contributed by atoms with Crippen molar-refractivity contribution in [2.24, 2.45) is 5.92 Å². The highest BCUT2D eigenvalue weighted by Gasteiger charge is 2.57. The van der Waals surface area contributed by atoms with Gasteiger partial charge in [0.2, 0.25) is 10.0 Å². The molecule has 0 bridgehead atoms. The minimum absolute atomic E-state index is 0.137. The molecule has 36 heavy (non-hydrogen) atoms. The number of methoxy groups -OCH3 is 1. The normalized spacial score (nSPS) is 22.4. The summed E-state index contributed by atoms with van der Waals surface area (Å²) in [6, 6.07) is 19.3. The second-order valence-corrected chi connectivity index (χ2v) is 12.3. The summed E-state index contributed by atoms with van der Waals surface area (Å²) in [5.41, 5.74) is 1.49. The smallest absolute Gasteiger partial charge is 0.309 e. The van der Waals surface area contributed by atoms with Crippen molar-refractivity contribution in [3.8, 4) is 5.75 Å². The second kappa shape index (κ2) is 10.8. The first-order chi connectivity index (χ1) is 17.2. The van der Waals surface area contributed by atoms with E-state index in [4.69, 9.17) is 16.3 Å². The third kappa shape index (κ3) is 5.13. The number of aryl methyl sites for hydroxylation is 1. The number of hydrogen-bond acceptors (Lipinski definition) is 5. The summed E-state index contributed by atoms with van der Waals surface area (Å²) in [5, 5.41) is 10.3. The van der Waals surface area contributed by atoms with Crippen LogP contribution in [0.15, 0.2) is 82.6 Å². The van der Waals surface area contributed by atoms with Crippen molar-refractivity contribution in [3.05, 3.63) is 88.9 Å². The molecule has 2 unspecified atom stereocenters. The zero-order valence-corrected chi connectivity index (χ0v) is 22.6. The van der Waals surface area contributed by atoms with Crippen molar-refractivity contribution in [1.29, 1.82) is 0 Å². The number of hydrogen-bond donors (Lipinski definition) is 1.